The molecular weight excluding hydrogens is 304 g/mol. The third-order valence-corrected chi connectivity index (χ3v) is 3.94. The molecule has 0 radical (unpaired) electrons. The van der Waals surface area contributed by atoms with Crippen LogP contribution in [0.5, 0.6) is 5.75 Å². The smallest absolute Gasteiger partial charge is 0.228 e. The van der Waals surface area contributed by atoms with E-state index in [0.717, 1.165) is 6.42 Å². The summed E-state index contributed by atoms with van der Waals surface area (Å²) in [6.45, 7) is 4.17. The molecular formula is C16H21ClN2O3. The molecule has 2 atom stereocenters. The number of carbonyl (C=O) groups excluding carboxylic acids is 2. The van der Waals surface area contributed by atoms with Gasteiger partial charge in [-0.3, -0.25) is 9.59 Å². The first-order valence-corrected chi connectivity index (χ1v) is 7.81. The van der Waals surface area contributed by atoms with Gasteiger partial charge in [-0.25, -0.2) is 0 Å². The van der Waals surface area contributed by atoms with E-state index in [2.05, 4.69) is 24.5 Å². The number of carbonyl (C=O) groups is 2. The zero-order chi connectivity index (χ0) is 16.3. The highest BCUT2D eigenvalue weighted by Crippen LogP contribution is 2.29. The molecule has 0 spiro atoms. The summed E-state index contributed by atoms with van der Waals surface area (Å²) in [5.41, 5.74) is 0.267. The maximum atomic E-state index is 12.4. The molecule has 2 amide bonds. The number of anilines is 1. The highest BCUT2D eigenvalue weighted by molar-refractivity contribution is 6.31. The van der Waals surface area contributed by atoms with E-state index in [1.807, 2.05) is 0 Å². The van der Waals surface area contributed by atoms with Gasteiger partial charge in [0.1, 0.15) is 5.75 Å². The number of hydrogen-bond acceptors (Lipinski definition) is 3. The van der Waals surface area contributed by atoms with Crippen molar-refractivity contribution in [3.8, 4) is 5.75 Å². The van der Waals surface area contributed by atoms with Crippen LogP contribution in [-0.4, -0.2) is 23.0 Å². The summed E-state index contributed by atoms with van der Waals surface area (Å²) in [4.78, 5) is 24.1. The topological polar surface area (TPSA) is 78.4 Å². The van der Waals surface area contributed by atoms with Gasteiger partial charge in [-0.1, -0.05) is 25.4 Å². The second kappa shape index (κ2) is 7.01. The molecule has 1 heterocycles. The van der Waals surface area contributed by atoms with Crippen molar-refractivity contribution in [3.05, 3.63) is 23.2 Å². The first kappa shape index (κ1) is 16.6. The molecule has 2 rings (SSSR count). The summed E-state index contributed by atoms with van der Waals surface area (Å²) in [6, 6.07) is 4.47. The van der Waals surface area contributed by atoms with E-state index >= 15 is 0 Å². The van der Waals surface area contributed by atoms with Gasteiger partial charge in [0, 0.05) is 23.4 Å². The Hall–Kier alpha value is -1.75. The van der Waals surface area contributed by atoms with Crippen molar-refractivity contribution >= 4 is 29.1 Å². The third-order valence-electron chi connectivity index (χ3n) is 3.71. The summed E-state index contributed by atoms with van der Waals surface area (Å²) in [7, 11) is 0. The third kappa shape index (κ3) is 4.37. The van der Waals surface area contributed by atoms with Crippen LogP contribution in [0, 0.1) is 11.8 Å². The monoisotopic (exact) mass is 324 g/mol. The summed E-state index contributed by atoms with van der Waals surface area (Å²) in [5, 5.41) is 15.8. The fraction of sp³-hybridized carbons (Fsp3) is 0.500. The molecule has 0 aromatic heterocycles. The fourth-order valence-corrected chi connectivity index (χ4v) is 2.94. The molecule has 5 nitrogen and oxygen atoms in total. The molecule has 120 valence electrons. The predicted molar refractivity (Wildman–Crippen MR) is 85.9 cm³/mol. The number of benzene rings is 1. The van der Waals surface area contributed by atoms with Gasteiger partial charge in [-0.05, 0) is 37.0 Å². The molecule has 1 aliphatic rings. The van der Waals surface area contributed by atoms with Crippen LogP contribution in [0.25, 0.3) is 0 Å². The van der Waals surface area contributed by atoms with Crippen molar-refractivity contribution in [2.24, 2.45) is 11.8 Å². The molecule has 0 aliphatic carbocycles. The van der Waals surface area contributed by atoms with Gasteiger partial charge >= 0.3 is 0 Å². The standard InChI is InChI=1S/C16H21ClN2O3/c1-9(2)5-12-6-10(7-15(21)18-12)16(22)19-13-8-11(17)3-4-14(13)20/h3-4,8-10,12,20H,5-7H2,1-2H3,(H,18,21)(H,19,22)/t10-,12+/m0/s1. The number of hydrogen-bond donors (Lipinski definition) is 3. The highest BCUT2D eigenvalue weighted by Gasteiger charge is 2.31. The van der Waals surface area contributed by atoms with Crippen molar-refractivity contribution < 1.29 is 14.7 Å². The number of phenols is 1. The minimum atomic E-state index is -0.393. The SMILES string of the molecule is CC(C)C[C@@H]1C[C@H](C(=O)Nc2cc(Cl)ccc2O)CC(=O)N1. The van der Waals surface area contributed by atoms with Crippen LogP contribution >= 0.6 is 11.6 Å². The normalized spacial score (nSPS) is 21.5. The number of halogens is 1. The molecule has 1 saturated heterocycles. The molecule has 22 heavy (non-hydrogen) atoms. The minimum Gasteiger partial charge on any atom is -0.506 e. The van der Waals surface area contributed by atoms with Crippen molar-refractivity contribution in [2.75, 3.05) is 5.32 Å². The van der Waals surface area contributed by atoms with E-state index in [1.54, 1.807) is 6.07 Å². The van der Waals surface area contributed by atoms with Crippen molar-refractivity contribution in [1.29, 1.82) is 0 Å². The number of aromatic hydroxyl groups is 1. The Labute approximate surface area is 135 Å². The van der Waals surface area contributed by atoms with E-state index < -0.39 is 5.92 Å². The maximum absolute atomic E-state index is 12.4. The Morgan fingerprint density at radius 3 is 2.91 bits per heavy atom. The molecule has 1 aromatic carbocycles. The summed E-state index contributed by atoms with van der Waals surface area (Å²) >= 11 is 5.86. The van der Waals surface area contributed by atoms with Crippen LogP contribution in [0.1, 0.15) is 33.1 Å². The zero-order valence-corrected chi connectivity index (χ0v) is 13.5. The van der Waals surface area contributed by atoms with Crippen LogP contribution in [0.3, 0.4) is 0 Å². The van der Waals surface area contributed by atoms with Crippen LogP contribution in [0.15, 0.2) is 18.2 Å². The first-order chi connectivity index (χ1) is 10.3. The quantitative estimate of drug-likeness (QED) is 0.745. The maximum Gasteiger partial charge on any atom is 0.228 e. The lowest BCUT2D eigenvalue weighted by molar-refractivity contribution is -0.131. The van der Waals surface area contributed by atoms with Crippen molar-refractivity contribution in [1.82, 2.24) is 5.32 Å². The molecule has 0 saturated carbocycles. The lowest BCUT2D eigenvalue weighted by Gasteiger charge is -2.30. The Morgan fingerprint density at radius 1 is 1.50 bits per heavy atom. The fourth-order valence-electron chi connectivity index (χ4n) is 2.76. The van der Waals surface area contributed by atoms with Crippen LogP contribution < -0.4 is 10.6 Å². The van der Waals surface area contributed by atoms with Gasteiger partial charge < -0.3 is 15.7 Å². The number of nitrogens with one attached hydrogen (secondary N) is 2. The van der Waals surface area contributed by atoms with E-state index in [1.165, 1.54) is 12.1 Å². The van der Waals surface area contributed by atoms with Crippen molar-refractivity contribution in [2.45, 2.75) is 39.2 Å². The number of amides is 2. The lowest BCUT2D eigenvalue weighted by Crippen LogP contribution is -2.46. The Morgan fingerprint density at radius 2 is 2.23 bits per heavy atom. The number of rotatable bonds is 4. The second-order valence-corrected chi connectivity index (χ2v) is 6.62. The molecule has 6 heteroatoms. The average Bonchev–Trinajstić information content (AvgIpc) is 2.41. The van der Waals surface area contributed by atoms with Crippen LogP contribution in [0.4, 0.5) is 5.69 Å². The van der Waals surface area contributed by atoms with Gasteiger partial charge in [0.15, 0.2) is 0 Å². The summed E-state index contributed by atoms with van der Waals surface area (Å²) in [5.74, 6) is -0.356. The summed E-state index contributed by atoms with van der Waals surface area (Å²) in [6.07, 6.45) is 1.62. The molecule has 1 aliphatic heterocycles. The number of phenolic OH excluding ortho intramolecular Hbond substituents is 1. The van der Waals surface area contributed by atoms with Gasteiger partial charge in [0.05, 0.1) is 5.69 Å². The van der Waals surface area contributed by atoms with E-state index in [9.17, 15) is 14.7 Å². The van der Waals surface area contributed by atoms with E-state index in [0.29, 0.717) is 17.4 Å². The van der Waals surface area contributed by atoms with E-state index in [4.69, 9.17) is 11.6 Å². The molecule has 3 N–H and O–H groups in total. The molecule has 0 bridgehead atoms. The predicted octanol–water partition coefficient (Wildman–Crippen LogP) is 2.93. The Bertz CT molecular complexity index is 575. The first-order valence-electron chi connectivity index (χ1n) is 7.44. The van der Waals surface area contributed by atoms with Gasteiger partial charge in [0.25, 0.3) is 0 Å². The van der Waals surface area contributed by atoms with Gasteiger partial charge in [-0.15, -0.1) is 0 Å². The highest BCUT2D eigenvalue weighted by atomic mass is 35.5. The van der Waals surface area contributed by atoms with Crippen LogP contribution in [-0.2, 0) is 9.59 Å². The molecule has 1 aromatic rings. The lowest BCUT2D eigenvalue weighted by atomic mass is 9.87. The summed E-state index contributed by atoms with van der Waals surface area (Å²) < 4.78 is 0. The Balaban J connectivity index is 2.04. The largest absolute Gasteiger partial charge is 0.506 e. The van der Waals surface area contributed by atoms with Gasteiger partial charge in [0.2, 0.25) is 11.8 Å². The number of piperidine rings is 1. The average molecular weight is 325 g/mol. The zero-order valence-electron chi connectivity index (χ0n) is 12.7. The molecule has 1 fully saturated rings. The Kier molecular flexibility index (Phi) is 5.29. The minimum absolute atomic E-state index is 0.0185. The van der Waals surface area contributed by atoms with E-state index in [-0.39, 0.29) is 35.7 Å². The van der Waals surface area contributed by atoms with Crippen molar-refractivity contribution in [3.63, 3.8) is 0 Å². The van der Waals surface area contributed by atoms with Crippen LogP contribution in [0.2, 0.25) is 5.02 Å². The molecule has 0 unspecified atom stereocenters. The second-order valence-electron chi connectivity index (χ2n) is 6.18. The van der Waals surface area contributed by atoms with Gasteiger partial charge in [-0.2, -0.15) is 0 Å².